The highest BCUT2D eigenvalue weighted by Crippen LogP contribution is 2.31. The van der Waals surface area contributed by atoms with Crippen LogP contribution in [-0.4, -0.2) is 77.9 Å². The summed E-state index contributed by atoms with van der Waals surface area (Å²) >= 11 is 0. The number of nitrogens with one attached hydrogen (secondary N) is 1. The Kier molecular flexibility index (Phi) is 7.71. The first-order valence-corrected chi connectivity index (χ1v) is 11.2. The van der Waals surface area contributed by atoms with Gasteiger partial charge in [-0.15, -0.1) is 0 Å². The molecule has 0 aromatic heterocycles. The summed E-state index contributed by atoms with van der Waals surface area (Å²) in [7, 11) is 0. The van der Waals surface area contributed by atoms with Gasteiger partial charge in [0.15, 0.2) is 0 Å². The molecule has 1 aromatic rings. The molecule has 1 saturated heterocycles. The van der Waals surface area contributed by atoms with Crippen LogP contribution in [-0.2, 0) is 4.79 Å². The molecule has 0 radical (unpaired) electrons. The highest BCUT2D eigenvalue weighted by Gasteiger charge is 2.39. The molecule has 7 heteroatoms. The van der Waals surface area contributed by atoms with Crippen LogP contribution in [0.25, 0.3) is 0 Å². The van der Waals surface area contributed by atoms with Gasteiger partial charge in [-0.1, -0.05) is 24.6 Å². The van der Waals surface area contributed by atoms with Gasteiger partial charge in [-0.05, 0) is 45.2 Å². The molecule has 2 fully saturated rings. The van der Waals surface area contributed by atoms with Crippen LogP contribution in [0, 0.1) is 5.92 Å². The van der Waals surface area contributed by atoms with Crippen LogP contribution >= 0.6 is 0 Å². The molecule has 1 aromatic carbocycles. The van der Waals surface area contributed by atoms with Crippen molar-refractivity contribution in [2.24, 2.45) is 5.92 Å². The first-order chi connectivity index (χ1) is 14.6. The molecule has 2 atom stereocenters. The zero-order valence-electron chi connectivity index (χ0n) is 18.2. The fourth-order valence-electron chi connectivity index (χ4n) is 4.66. The van der Waals surface area contributed by atoms with Crippen LogP contribution in [0.3, 0.4) is 0 Å². The normalized spacial score (nSPS) is 22.7. The largest absolute Gasteiger partial charge is 0.354 e. The van der Waals surface area contributed by atoms with Crippen LogP contribution in [0.5, 0.6) is 0 Å². The summed E-state index contributed by atoms with van der Waals surface area (Å²) in [4.78, 5) is 44.6. The van der Waals surface area contributed by atoms with Gasteiger partial charge in [-0.25, -0.2) is 4.79 Å². The number of rotatable bonds is 3. The second kappa shape index (κ2) is 10.5. The van der Waals surface area contributed by atoms with E-state index in [0.29, 0.717) is 51.3 Å². The standard InChI is InChI=1S/C23H34N4O3/c1-3-25(4-2)23(30)26-15-9-16-27(22(29)18-10-6-5-7-11-18)20-13-8-12-19(20)21(28)24-14-17-26/h5-7,10-11,19-20H,3-4,8-9,12-17H2,1-2H3,(H,24,28)/t19-,20+/m1/s1. The van der Waals surface area contributed by atoms with Gasteiger partial charge in [0.1, 0.15) is 0 Å². The lowest BCUT2D eigenvalue weighted by Gasteiger charge is -2.33. The number of carbonyl (C=O) groups excluding carboxylic acids is 3. The minimum absolute atomic E-state index is 0.000463. The molecule has 164 valence electrons. The van der Waals surface area contributed by atoms with Crippen molar-refractivity contribution >= 4 is 17.8 Å². The van der Waals surface area contributed by atoms with Gasteiger partial charge in [-0.3, -0.25) is 9.59 Å². The van der Waals surface area contributed by atoms with Crippen molar-refractivity contribution in [3.63, 3.8) is 0 Å². The van der Waals surface area contributed by atoms with Gasteiger partial charge >= 0.3 is 6.03 Å². The molecule has 30 heavy (non-hydrogen) atoms. The Labute approximate surface area is 179 Å². The maximum Gasteiger partial charge on any atom is 0.320 e. The van der Waals surface area contributed by atoms with E-state index in [1.54, 1.807) is 9.80 Å². The van der Waals surface area contributed by atoms with Crippen molar-refractivity contribution in [3.05, 3.63) is 35.9 Å². The Balaban J connectivity index is 1.82. The predicted octanol–water partition coefficient (Wildman–Crippen LogP) is 2.58. The fourth-order valence-corrected chi connectivity index (χ4v) is 4.66. The Morgan fingerprint density at radius 2 is 1.77 bits per heavy atom. The molecular formula is C23H34N4O3. The first-order valence-electron chi connectivity index (χ1n) is 11.2. The van der Waals surface area contributed by atoms with Crippen molar-refractivity contribution in [1.82, 2.24) is 20.0 Å². The monoisotopic (exact) mass is 414 g/mol. The van der Waals surface area contributed by atoms with E-state index in [-0.39, 0.29) is 29.8 Å². The quantitative estimate of drug-likeness (QED) is 0.826. The molecule has 0 unspecified atom stereocenters. The molecule has 4 amide bonds. The zero-order chi connectivity index (χ0) is 21.5. The van der Waals surface area contributed by atoms with E-state index in [1.165, 1.54) is 0 Å². The lowest BCUT2D eigenvalue weighted by atomic mass is 9.99. The van der Waals surface area contributed by atoms with Gasteiger partial charge in [0.05, 0.1) is 5.92 Å². The van der Waals surface area contributed by atoms with E-state index in [2.05, 4.69) is 5.32 Å². The van der Waals surface area contributed by atoms with Crippen molar-refractivity contribution in [2.45, 2.75) is 45.6 Å². The van der Waals surface area contributed by atoms with Crippen molar-refractivity contribution < 1.29 is 14.4 Å². The van der Waals surface area contributed by atoms with E-state index in [9.17, 15) is 14.4 Å². The number of fused-ring (bicyclic) bond motifs is 1. The molecular weight excluding hydrogens is 380 g/mol. The fraction of sp³-hybridized carbons (Fsp3) is 0.609. The molecule has 2 aliphatic rings. The number of urea groups is 1. The summed E-state index contributed by atoms with van der Waals surface area (Å²) in [6.07, 6.45) is 3.30. The summed E-state index contributed by atoms with van der Waals surface area (Å²) < 4.78 is 0. The third-order valence-corrected chi connectivity index (χ3v) is 6.31. The Morgan fingerprint density at radius 3 is 2.47 bits per heavy atom. The Morgan fingerprint density at radius 1 is 1.03 bits per heavy atom. The van der Waals surface area contributed by atoms with Crippen LogP contribution in [0.4, 0.5) is 4.79 Å². The third-order valence-electron chi connectivity index (χ3n) is 6.31. The van der Waals surface area contributed by atoms with E-state index in [4.69, 9.17) is 0 Å². The van der Waals surface area contributed by atoms with Gasteiger partial charge in [0.2, 0.25) is 5.91 Å². The number of hydrogen-bond donors (Lipinski definition) is 1. The lowest BCUT2D eigenvalue weighted by molar-refractivity contribution is -0.126. The SMILES string of the molecule is CCN(CC)C(=O)N1CCCN(C(=O)c2ccccc2)[C@H]2CCC[C@H]2C(=O)NCC1. The lowest BCUT2D eigenvalue weighted by Crippen LogP contribution is -2.47. The van der Waals surface area contributed by atoms with Crippen LogP contribution in [0.2, 0.25) is 0 Å². The topological polar surface area (TPSA) is 73.0 Å². The van der Waals surface area contributed by atoms with Gasteiger partial charge in [0, 0.05) is 50.9 Å². The zero-order valence-corrected chi connectivity index (χ0v) is 18.2. The maximum absolute atomic E-state index is 13.3. The molecule has 7 nitrogen and oxygen atoms in total. The summed E-state index contributed by atoms with van der Waals surface area (Å²) in [5.41, 5.74) is 0.648. The van der Waals surface area contributed by atoms with E-state index in [0.717, 1.165) is 19.3 Å². The van der Waals surface area contributed by atoms with Crippen LogP contribution < -0.4 is 5.32 Å². The average molecular weight is 415 g/mol. The summed E-state index contributed by atoms with van der Waals surface area (Å²) in [6.45, 7) is 7.30. The molecule has 0 bridgehead atoms. The van der Waals surface area contributed by atoms with Crippen molar-refractivity contribution in [1.29, 1.82) is 0 Å². The van der Waals surface area contributed by atoms with Crippen molar-refractivity contribution in [3.8, 4) is 0 Å². The number of carbonyl (C=O) groups is 3. The van der Waals surface area contributed by atoms with Gasteiger partial charge < -0.3 is 20.0 Å². The number of hydrogen-bond acceptors (Lipinski definition) is 3. The second-order valence-electron chi connectivity index (χ2n) is 8.06. The highest BCUT2D eigenvalue weighted by molar-refractivity contribution is 5.95. The molecule has 1 aliphatic heterocycles. The van der Waals surface area contributed by atoms with Crippen molar-refractivity contribution in [2.75, 3.05) is 39.3 Å². The molecule has 1 heterocycles. The minimum Gasteiger partial charge on any atom is -0.354 e. The molecule has 1 saturated carbocycles. The maximum atomic E-state index is 13.3. The summed E-state index contributed by atoms with van der Waals surface area (Å²) in [5.74, 6) is -0.204. The average Bonchev–Trinajstić information content (AvgIpc) is 3.24. The van der Waals surface area contributed by atoms with Gasteiger partial charge in [-0.2, -0.15) is 0 Å². The Bertz CT molecular complexity index is 735. The minimum atomic E-state index is -0.178. The first kappa shape index (κ1) is 22.1. The van der Waals surface area contributed by atoms with Crippen LogP contribution in [0.15, 0.2) is 30.3 Å². The van der Waals surface area contributed by atoms with Gasteiger partial charge in [0.25, 0.3) is 5.91 Å². The van der Waals surface area contributed by atoms with E-state index in [1.807, 2.05) is 49.1 Å². The van der Waals surface area contributed by atoms with E-state index < -0.39 is 0 Å². The smallest absolute Gasteiger partial charge is 0.320 e. The van der Waals surface area contributed by atoms with Crippen LogP contribution in [0.1, 0.15) is 49.9 Å². The molecule has 1 aliphatic carbocycles. The molecule has 1 N–H and O–H groups in total. The number of amides is 4. The number of benzene rings is 1. The van der Waals surface area contributed by atoms with E-state index >= 15 is 0 Å². The highest BCUT2D eigenvalue weighted by atomic mass is 16.2. The summed E-state index contributed by atoms with van der Waals surface area (Å²) in [6, 6.07) is 9.19. The Hall–Kier alpha value is -2.57. The second-order valence-corrected chi connectivity index (χ2v) is 8.06. The summed E-state index contributed by atoms with van der Waals surface area (Å²) in [5, 5.41) is 3.02. The third kappa shape index (κ3) is 4.94. The molecule has 3 rings (SSSR count). The molecule has 0 spiro atoms. The predicted molar refractivity (Wildman–Crippen MR) is 116 cm³/mol. The number of nitrogens with zero attached hydrogens (tertiary/aromatic N) is 3.